The van der Waals surface area contributed by atoms with Crippen LogP contribution in [0.1, 0.15) is 36.0 Å². The molecule has 6 nitrogen and oxygen atoms in total. The molecule has 0 unspecified atom stereocenters. The van der Waals surface area contributed by atoms with Gasteiger partial charge in [0, 0.05) is 23.2 Å². The third-order valence-electron chi connectivity index (χ3n) is 3.74. The lowest BCUT2D eigenvalue weighted by Gasteiger charge is -2.28. The Labute approximate surface area is 137 Å². The molecular formula is C13H17BrClN3O3. The van der Waals surface area contributed by atoms with Crippen LogP contribution in [0.5, 0.6) is 0 Å². The molecule has 116 valence electrons. The number of nitrogens with zero attached hydrogens (tertiary/aromatic N) is 1. The van der Waals surface area contributed by atoms with E-state index in [4.69, 9.17) is 5.73 Å². The average molecular weight is 379 g/mol. The zero-order valence-corrected chi connectivity index (χ0v) is 13.7. The fourth-order valence-electron chi connectivity index (χ4n) is 2.54. The number of carbonyl (C=O) groups is 1. The Balaban J connectivity index is 0.00000220. The molecule has 0 heterocycles. The number of rotatable bonds is 4. The van der Waals surface area contributed by atoms with Crippen LogP contribution < -0.4 is 11.1 Å². The van der Waals surface area contributed by atoms with Gasteiger partial charge in [0.25, 0.3) is 11.6 Å². The Hall–Kier alpha value is -1.18. The molecule has 8 heteroatoms. The topological polar surface area (TPSA) is 98.3 Å². The highest BCUT2D eigenvalue weighted by molar-refractivity contribution is 9.10. The lowest BCUT2D eigenvalue weighted by Crippen LogP contribution is -2.51. The SMILES string of the molecule is Cl.NCC1(NC(=O)c2ccc([N+](=O)[O-])cc2Br)CCCC1. The van der Waals surface area contributed by atoms with Crippen LogP contribution in [0.2, 0.25) is 0 Å². The molecule has 1 saturated carbocycles. The zero-order valence-electron chi connectivity index (χ0n) is 11.3. The van der Waals surface area contributed by atoms with Gasteiger partial charge in [-0.1, -0.05) is 12.8 Å². The Morgan fingerprint density at radius 2 is 2.05 bits per heavy atom. The molecule has 1 fully saturated rings. The van der Waals surface area contributed by atoms with E-state index in [-0.39, 0.29) is 29.5 Å². The van der Waals surface area contributed by atoms with Crippen molar-refractivity contribution in [2.45, 2.75) is 31.2 Å². The Bertz CT molecular complexity index is 547. The number of non-ortho nitro benzene ring substituents is 1. The summed E-state index contributed by atoms with van der Waals surface area (Å²) >= 11 is 3.21. The summed E-state index contributed by atoms with van der Waals surface area (Å²) in [7, 11) is 0. The van der Waals surface area contributed by atoms with Crippen molar-refractivity contribution in [3.05, 3.63) is 38.3 Å². The van der Waals surface area contributed by atoms with Crippen molar-refractivity contribution < 1.29 is 9.72 Å². The van der Waals surface area contributed by atoms with Crippen molar-refractivity contribution in [1.82, 2.24) is 5.32 Å². The molecular weight excluding hydrogens is 362 g/mol. The summed E-state index contributed by atoms with van der Waals surface area (Å²) in [5.41, 5.74) is 5.78. The average Bonchev–Trinajstić information content (AvgIpc) is 2.87. The maximum Gasteiger partial charge on any atom is 0.270 e. The van der Waals surface area contributed by atoms with Crippen molar-refractivity contribution in [3.63, 3.8) is 0 Å². The molecule has 0 atom stereocenters. The smallest absolute Gasteiger partial charge is 0.270 e. The Kier molecular flexibility index (Phi) is 6.12. The van der Waals surface area contributed by atoms with Gasteiger partial charge in [0.15, 0.2) is 0 Å². The summed E-state index contributed by atoms with van der Waals surface area (Å²) in [6.45, 7) is 0.406. The predicted molar refractivity (Wildman–Crippen MR) is 85.8 cm³/mol. The van der Waals surface area contributed by atoms with Crippen LogP contribution in [0.3, 0.4) is 0 Å². The van der Waals surface area contributed by atoms with Crippen LogP contribution in [0.4, 0.5) is 5.69 Å². The Morgan fingerprint density at radius 1 is 1.43 bits per heavy atom. The second-order valence-electron chi connectivity index (χ2n) is 5.07. The molecule has 1 amide bonds. The number of benzene rings is 1. The van der Waals surface area contributed by atoms with Gasteiger partial charge in [0.1, 0.15) is 0 Å². The molecule has 0 aliphatic heterocycles. The summed E-state index contributed by atoms with van der Waals surface area (Å²) < 4.78 is 0.411. The van der Waals surface area contributed by atoms with Gasteiger partial charge in [-0.05, 0) is 34.8 Å². The number of carbonyl (C=O) groups excluding carboxylic acids is 1. The fraction of sp³-hybridized carbons (Fsp3) is 0.462. The van der Waals surface area contributed by atoms with Crippen LogP contribution in [0, 0.1) is 10.1 Å². The van der Waals surface area contributed by atoms with Crippen LogP contribution in [-0.2, 0) is 0 Å². The standard InChI is InChI=1S/C13H16BrN3O3.ClH/c14-11-7-9(17(19)20)3-4-10(11)12(18)16-13(8-15)5-1-2-6-13;/h3-4,7H,1-2,5-6,8,15H2,(H,16,18);1H. The van der Waals surface area contributed by atoms with Gasteiger partial charge in [0.2, 0.25) is 0 Å². The minimum absolute atomic E-state index is 0. The van der Waals surface area contributed by atoms with Gasteiger partial charge in [0.05, 0.1) is 16.0 Å². The molecule has 3 N–H and O–H groups in total. The molecule has 0 aromatic heterocycles. The number of halogens is 2. The van der Waals surface area contributed by atoms with E-state index in [9.17, 15) is 14.9 Å². The number of nitrogens with one attached hydrogen (secondary N) is 1. The van der Waals surface area contributed by atoms with Crippen molar-refractivity contribution in [1.29, 1.82) is 0 Å². The number of hydrogen-bond acceptors (Lipinski definition) is 4. The molecule has 2 rings (SSSR count). The quantitative estimate of drug-likeness (QED) is 0.621. The molecule has 0 radical (unpaired) electrons. The van der Waals surface area contributed by atoms with Crippen LogP contribution in [-0.4, -0.2) is 22.9 Å². The maximum atomic E-state index is 12.3. The van der Waals surface area contributed by atoms with Crippen molar-refractivity contribution in [2.75, 3.05) is 6.54 Å². The third kappa shape index (κ3) is 3.93. The number of nitro groups is 1. The second-order valence-corrected chi connectivity index (χ2v) is 5.92. The normalized spacial score (nSPS) is 16.1. The first kappa shape index (κ1) is 17.9. The van der Waals surface area contributed by atoms with Crippen LogP contribution in [0.25, 0.3) is 0 Å². The highest BCUT2D eigenvalue weighted by Gasteiger charge is 2.34. The molecule has 0 bridgehead atoms. The summed E-state index contributed by atoms with van der Waals surface area (Å²) in [6.07, 6.45) is 3.86. The zero-order chi connectivity index (χ0) is 14.8. The first-order valence-electron chi connectivity index (χ1n) is 6.44. The molecule has 1 aliphatic rings. The largest absolute Gasteiger partial charge is 0.345 e. The van der Waals surface area contributed by atoms with Gasteiger partial charge in [-0.2, -0.15) is 0 Å². The fourth-order valence-corrected chi connectivity index (χ4v) is 3.09. The van der Waals surface area contributed by atoms with Crippen molar-refractivity contribution in [3.8, 4) is 0 Å². The molecule has 21 heavy (non-hydrogen) atoms. The molecule has 1 aromatic rings. The van der Waals surface area contributed by atoms with Crippen LogP contribution >= 0.6 is 28.3 Å². The highest BCUT2D eigenvalue weighted by Crippen LogP contribution is 2.30. The molecule has 0 spiro atoms. The van der Waals surface area contributed by atoms with E-state index in [2.05, 4.69) is 21.2 Å². The van der Waals surface area contributed by atoms with Crippen molar-refractivity contribution >= 4 is 39.9 Å². The van der Waals surface area contributed by atoms with E-state index in [1.165, 1.54) is 18.2 Å². The Morgan fingerprint density at radius 3 is 2.52 bits per heavy atom. The van der Waals surface area contributed by atoms with Gasteiger partial charge in [-0.3, -0.25) is 14.9 Å². The van der Waals surface area contributed by atoms with E-state index in [0.29, 0.717) is 16.6 Å². The summed E-state index contributed by atoms with van der Waals surface area (Å²) in [6, 6.07) is 4.11. The highest BCUT2D eigenvalue weighted by atomic mass is 79.9. The second kappa shape index (κ2) is 7.20. The van der Waals surface area contributed by atoms with Gasteiger partial charge < -0.3 is 11.1 Å². The van der Waals surface area contributed by atoms with E-state index in [1.807, 2.05) is 0 Å². The molecule has 1 aromatic carbocycles. The van der Waals surface area contributed by atoms with E-state index in [1.54, 1.807) is 0 Å². The summed E-state index contributed by atoms with van der Waals surface area (Å²) in [5, 5.41) is 13.7. The van der Waals surface area contributed by atoms with Gasteiger partial charge in [-0.15, -0.1) is 12.4 Å². The predicted octanol–water partition coefficient (Wildman–Crippen LogP) is 2.78. The van der Waals surface area contributed by atoms with Crippen LogP contribution in [0.15, 0.2) is 22.7 Å². The van der Waals surface area contributed by atoms with Crippen molar-refractivity contribution in [2.24, 2.45) is 5.73 Å². The minimum atomic E-state index is -0.495. The maximum absolute atomic E-state index is 12.3. The lowest BCUT2D eigenvalue weighted by molar-refractivity contribution is -0.384. The first-order valence-corrected chi connectivity index (χ1v) is 7.23. The van der Waals surface area contributed by atoms with Gasteiger partial charge in [-0.25, -0.2) is 0 Å². The first-order chi connectivity index (χ1) is 9.47. The summed E-state index contributed by atoms with van der Waals surface area (Å²) in [4.78, 5) is 22.5. The monoisotopic (exact) mass is 377 g/mol. The number of hydrogen-bond donors (Lipinski definition) is 2. The van der Waals surface area contributed by atoms with E-state index in [0.717, 1.165) is 25.7 Å². The third-order valence-corrected chi connectivity index (χ3v) is 4.39. The summed E-state index contributed by atoms with van der Waals surface area (Å²) in [5.74, 6) is -0.251. The van der Waals surface area contributed by atoms with Gasteiger partial charge >= 0.3 is 0 Å². The lowest BCUT2D eigenvalue weighted by atomic mass is 9.97. The molecule has 0 saturated heterocycles. The minimum Gasteiger partial charge on any atom is -0.345 e. The van der Waals surface area contributed by atoms with E-state index < -0.39 is 4.92 Å². The number of amides is 1. The molecule has 1 aliphatic carbocycles. The number of nitrogens with two attached hydrogens (primary N) is 1. The number of nitro benzene ring substituents is 1. The van der Waals surface area contributed by atoms with E-state index >= 15 is 0 Å².